The van der Waals surface area contributed by atoms with Gasteiger partial charge in [0.2, 0.25) is 0 Å². The van der Waals surface area contributed by atoms with Gasteiger partial charge in [-0.25, -0.2) is 0 Å². The van der Waals surface area contributed by atoms with Gasteiger partial charge in [0.05, 0.1) is 6.42 Å². The lowest BCUT2D eigenvalue weighted by molar-refractivity contribution is -0.140. The molecule has 94 valence electrons. The van der Waals surface area contributed by atoms with Crippen LogP contribution in [0.4, 0.5) is 0 Å². The van der Waals surface area contributed by atoms with Crippen LogP contribution in [0, 0.1) is 10.8 Å². The van der Waals surface area contributed by atoms with E-state index in [4.69, 9.17) is 10.8 Å². The van der Waals surface area contributed by atoms with Gasteiger partial charge in [-0.15, -0.1) is 0 Å². The SMILES string of the molecule is CC(N)C1(CC(=O)O)CCCC(C)(C)CC1. The maximum atomic E-state index is 11.0. The highest BCUT2D eigenvalue weighted by molar-refractivity contribution is 5.67. The molecule has 0 saturated heterocycles. The van der Waals surface area contributed by atoms with Gasteiger partial charge in [0.15, 0.2) is 0 Å². The molecule has 0 aromatic heterocycles. The van der Waals surface area contributed by atoms with Crippen molar-refractivity contribution >= 4 is 5.97 Å². The van der Waals surface area contributed by atoms with Crippen LogP contribution in [0.15, 0.2) is 0 Å². The van der Waals surface area contributed by atoms with E-state index < -0.39 is 5.97 Å². The summed E-state index contributed by atoms with van der Waals surface area (Å²) in [5, 5.41) is 9.05. The zero-order chi connectivity index (χ0) is 12.4. The summed E-state index contributed by atoms with van der Waals surface area (Å²) in [4.78, 5) is 11.0. The highest BCUT2D eigenvalue weighted by Gasteiger charge is 2.39. The Kier molecular flexibility index (Phi) is 4.00. The van der Waals surface area contributed by atoms with E-state index in [9.17, 15) is 4.79 Å². The quantitative estimate of drug-likeness (QED) is 0.729. The number of carboxylic acid groups (broad SMARTS) is 1. The first kappa shape index (κ1) is 13.5. The second-order valence-electron chi connectivity index (χ2n) is 6.24. The van der Waals surface area contributed by atoms with Gasteiger partial charge in [0, 0.05) is 6.04 Å². The van der Waals surface area contributed by atoms with Crippen molar-refractivity contribution in [2.24, 2.45) is 16.6 Å². The minimum Gasteiger partial charge on any atom is -0.481 e. The molecule has 0 aliphatic heterocycles. The molecule has 0 aromatic rings. The Labute approximate surface area is 98.4 Å². The van der Waals surface area contributed by atoms with E-state index in [2.05, 4.69) is 13.8 Å². The number of hydrogen-bond acceptors (Lipinski definition) is 2. The van der Waals surface area contributed by atoms with Crippen LogP contribution in [0.3, 0.4) is 0 Å². The van der Waals surface area contributed by atoms with Crippen LogP contribution in [-0.2, 0) is 4.79 Å². The van der Waals surface area contributed by atoms with E-state index in [1.54, 1.807) is 0 Å². The molecule has 0 aromatic carbocycles. The molecule has 16 heavy (non-hydrogen) atoms. The topological polar surface area (TPSA) is 63.3 Å². The molecule has 0 spiro atoms. The molecule has 0 heterocycles. The molecule has 3 heteroatoms. The van der Waals surface area contributed by atoms with Gasteiger partial charge in [-0.3, -0.25) is 4.79 Å². The Morgan fingerprint density at radius 2 is 1.94 bits per heavy atom. The van der Waals surface area contributed by atoms with Crippen LogP contribution in [0.5, 0.6) is 0 Å². The number of nitrogens with two attached hydrogens (primary N) is 1. The van der Waals surface area contributed by atoms with Crippen LogP contribution in [-0.4, -0.2) is 17.1 Å². The predicted octanol–water partition coefficient (Wildman–Crippen LogP) is 2.79. The molecule has 0 amide bonds. The number of carbonyl (C=O) groups is 1. The third kappa shape index (κ3) is 3.21. The molecule has 1 aliphatic rings. The van der Waals surface area contributed by atoms with Crippen molar-refractivity contribution < 1.29 is 9.90 Å². The first-order valence-electron chi connectivity index (χ1n) is 6.25. The van der Waals surface area contributed by atoms with Crippen molar-refractivity contribution in [1.82, 2.24) is 0 Å². The van der Waals surface area contributed by atoms with Crippen molar-refractivity contribution in [2.75, 3.05) is 0 Å². The molecular formula is C13H25NO2. The molecule has 2 atom stereocenters. The zero-order valence-corrected chi connectivity index (χ0v) is 10.8. The standard InChI is InChI=1S/C13H25NO2/c1-10(14)13(9-11(15)16)6-4-5-12(2,3)7-8-13/h10H,4-9,14H2,1-3H3,(H,15,16). The summed E-state index contributed by atoms with van der Waals surface area (Å²) in [5.74, 6) is -0.711. The molecule has 3 N–H and O–H groups in total. The van der Waals surface area contributed by atoms with Crippen molar-refractivity contribution in [3.05, 3.63) is 0 Å². The average molecular weight is 227 g/mol. The zero-order valence-electron chi connectivity index (χ0n) is 10.8. The molecule has 1 fully saturated rings. The summed E-state index contributed by atoms with van der Waals surface area (Å²) in [7, 11) is 0. The summed E-state index contributed by atoms with van der Waals surface area (Å²) < 4.78 is 0. The minimum atomic E-state index is -0.711. The van der Waals surface area contributed by atoms with Gasteiger partial charge >= 0.3 is 5.97 Å². The highest BCUT2D eigenvalue weighted by atomic mass is 16.4. The van der Waals surface area contributed by atoms with Crippen molar-refractivity contribution in [3.8, 4) is 0 Å². The van der Waals surface area contributed by atoms with E-state index in [1.165, 1.54) is 6.42 Å². The lowest BCUT2D eigenvalue weighted by Crippen LogP contribution is -2.41. The van der Waals surface area contributed by atoms with Gasteiger partial charge in [0.25, 0.3) is 0 Å². The molecule has 3 nitrogen and oxygen atoms in total. The number of rotatable bonds is 3. The van der Waals surface area contributed by atoms with Crippen LogP contribution >= 0.6 is 0 Å². The van der Waals surface area contributed by atoms with Gasteiger partial charge < -0.3 is 10.8 Å². The second kappa shape index (κ2) is 4.74. The highest BCUT2D eigenvalue weighted by Crippen LogP contribution is 2.45. The molecule has 2 unspecified atom stereocenters. The summed E-state index contributed by atoms with van der Waals surface area (Å²) >= 11 is 0. The van der Waals surface area contributed by atoms with Crippen molar-refractivity contribution in [2.45, 2.75) is 65.3 Å². The Balaban J connectivity index is 2.82. The monoisotopic (exact) mass is 227 g/mol. The maximum Gasteiger partial charge on any atom is 0.303 e. The summed E-state index contributed by atoms with van der Waals surface area (Å²) in [6, 6.07) is -0.0301. The summed E-state index contributed by atoms with van der Waals surface area (Å²) in [6.45, 7) is 6.50. The fraction of sp³-hybridized carbons (Fsp3) is 0.923. The third-order valence-electron chi connectivity index (χ3n) is 4.30. The van der Waals surface area contributed by atoms with Crippen molar-refractivity contribution in [3.63, 3.8) is 0 Å². The van der Waals surface area contributed by atoms with Gasteiger partial charge in [-0.1, -0.05) is 20.3 Å². The van der Waals surface area contributed by atoms with Gasteiger partial charge in [-0.05, 0) is 43.4 Å². The molecular weight excluding hydrogens is 202 g/mol. The maximum absolute atomic E-state index is 11.0. The van der Waals surface area contributed by atoms with E-state index >= 15 is 0 Å². The van der Waals surface area contributed by atoms with Crippen LogP contribution in [0.25, 0.3) is 0 Å². The average Bonchev–Trinajstić information content (AvgIpc) is 2.25. The number of aliphatic carboxylic acids is 1. The van der Waals surface area contributed by atoms with Crippen LogP contribution < -0.4 is 5.73 Å². The summed E-state index contributed by atoms with van der Waals surface area (Å²) in [5.41, 5.74) is 6.21. The number of hydrogen-bond donors (Lipinski definition) is 2. The molecule has 1 saturated carbocycles. The molecule has 1 aliphatic carbocycles. The lowest BCUT2D eigenvalue weighted by Gasteiger charge is -2.35. The molecule has 0 bridgehead atoms. The van der Waals surface area contributed by atoms with Crippen molar-refractivity contribution in [1.29, 1.82) is 0 Å². The van der Waals surface area contributed by atoms with E-state index in [-0.39, 0.29) is 17.9 Å². The van der Waals surface area contributed by atoms with E-state index in [0.717, 1.165) is 25.7 Å². The first-order chi connectivity index (χ1) is 7.27. The van der Waals surface area contributed by atoms with E-state index in [1.807, 2.05) is 6.92 Å². The third-order valence-corrected chi connectivity index (χ3v) is 4.30. The Morgan fingerprint density at radius 1 is 1.31 bits per heavy atom. The predicted molar refractivity (Wildman–Crippen MR) is 65.2 cm³/mol. The van der Waals surface area contributed by atoms with Gasteiger partial charge in [-0.2, -0.15) is 0 Å². The normalized spacial score (nSPS) is 31.8. The Morgan fingerprint density at radius 3 is 2.44 bits per heavy atom. The largest absolute Gasteiger partial charge is 0.481 e. The fourth-order valence-electron chi connectivity index (χ4n) is 2.85. The fourth-order valence-corrected chi connectivity index (χ4v) is 2.85. The Hall–Kier alpha value is -0.570. The summed E-state index contributed by atoms with van der Waals surface area (Å²) in [6.07, 6.45) is 5.50. The molecule has 0 radical (unpaired) electrons. The first-order valence-corrected chi connectivity index (χ1v) is 6.25. The molecule has 1 rings (SSSR count). The smallest absolute Gasteiger partial charge is 0.303 e. The van der Waals surface area contributed by atoms with Crippen LogP contribution in [0.2, 0.25) is 0 Å². The Bertz CT molecular complexity index is 261. The minimum absolute atomic E-state index is 0.0301. The van der Waals surface area contributed by atoms with Crippen LogP contribution in [0.1, 0.15) is 59.3 Å². The van der Waals surface area contributed by atoms with Gasteiger partial charge in [0.1, 0.15) is 0 Å². The second-order valence-corrected chi connectivity index (χ2v) is 6.24. The number of carboxylic acids is 1. The van der Waals surface area contributed by atoms with E-state index in [0.29, 0.717) is 5.41 Å². The lowest BCUT2D eigenvalue weighted by atomic mass is 9.71.